The summed E-state index contributed by atoms with van der Waals surface area (Å²) >= 11 is 0. The van der Waals surface area contributed by atoms with Gasteiger partial charge in [-0.25, -0.2) is 0 Å². The first kappa shape index (κ1) is 20.2. The lowest BCUT2D eigenvalue weighted by molar-refractivity contribution is -0.264. The molecule has 0 N–H and O–H groups in total. The highest BCUT2D eigenvalue weighted by atomic mass is 16.7. The lowest BCUT2D eigenvalue weighted by atomic mass is 9.44. The number of ketones is 1. The summed E-state index contributed by atoms with van der Waals surface area (Å²) in [5.74, 6) is 4.24. The largest absolute Gasteiger partial charge is 0.348 e. The van der Waals surface area contributed by atoms with Gasteiger partial charge in [-0.05, 0) is 85.4 Å². The van der Waals surface area contributed by atoms with E-state index in [1.165, 1.54) is 57.8 Å². The van der Waals surface area contributed by atoms with Crippen LogP contribution in [-0.2, 0) is 14.3 Å². The van der Waals surface area contributed by atoms with E-state index in [1.807, 2.05) is 6.92 Å². The molecule has 0 radical (unpaired) electrons. The van der Waals surface area contributed by atoms with Crippen molar-refractivity contribution in [2.45, 2.75) is 104 Å². The van der Waals surface area contributed by atoms with Gasteiger partial charge in [0.2, 0.25) is 0 Å². The van der Waals surface area contributed by atoms with Gasteiger partial charge in [0.05, 0.1) is 19.1 Å². The van der Waals surface area contributed by atoms with Gasteiger partial charge in [-0.1, -0.05) is 40.5 Å². The van der Waals surface area contributed by atoms with Crippen molar-refractivity contribution in [3.8, 4) is 0 Å². The smallest absolute Gasteiger partial charge is 0.178 e. The van der Waals surface area contributed by atoms with Crippen LogP contribution in [0.3, 0.4) is 0 Å². The van der Waals surface area contributed by atoms with Gasteiger partial charge in [0.15, 0.2) is 5.79 Å². The van der Waals surface area contributed by atoms with Gasteiger partial charge in [-0.3, -0.25) is 4.79 Å². The molecule has 2 heterocycles. The van der Waals surface area contributed by atoms with Crippen LogP contribution in [-0.4, -0.2) is 24.3 Å². The zero-order valence-corrected chi connectivity index (χ0v) is 19.6. The Bertz CT molecular complexity index is 734. The quantitative estimate of drug-likeness (QED) is 0.487. The van der Waals surface area contributed by atoms with E-state index in [9.17, 15) is 4.79 Å². The fourth-order valence-electron chi connectivity index (χ4n) is 10.2. The standard InChI is InChI=1S/C27H42O3/c1-16-15-29-27(14-22(16)28)17(2)24-23(30-27)13-21-19-9-8-18-7-5-6-11-25(18,3)20(19)10-12-26(21,24)4/h16-21,23-24H,5-15H2,1-4H3. The van der Waals surface area contributed by atoms with Crippen molar-refractivity contribution in [1.29, 1.82) is 0 Å². The lowest BCUT2D eigenvalue weighted by Gasteiger charge is -2.61. The second kappa shape index (κ2) is 6.56. The fourth-order valence-corrected chi connectivity index (χ4v) is 10.2. The maximum absolute atomic E-state index is 12.6. The molecule has 3 nitrogen and oxygen atoms in total. The molecule has 168 valence electrons. The second-order valence-electron chi connectivity index (χ2n) is 12.8. The third kappa shape index (κ3) is 2.49. The van der Waals surface area contributed by atoms with Crippen molar-refractivity contribution < 1.29 is 14.3 Å². The van der Waals surface area contributed by atoms with Crippen LogP contribution in [0.5, 0.6) is 0 Å². The van der Waals surface area contributed by atoms with Crippen LogP contribution in [0.2, 0.25) is 0 Å². The third-order valence-corrected chi connectivity index (χ3v) is 11.8. The highest BCUT2D eigenvalue weighted by Gasteiger charge is 2.69. The Morgan fingerprint density at radius 2 is 1.77 bits per heavy atom. The van der Waals surface area contributed by atoms with Gasteiger partial charge >= 0.3 is 0 Å². The predicted octanol–water partition coefficient (Wildman–Crippen LogP) is 6.00. The van der Waals surface area contributed by atoms with Gasteiger partial charge in [0, 0.05) is 11.8 Å². The molecule has 4 saturated carbocycles. The summed E-state index contributed by atoms with van der Waals surface area (Å²) in [6.45, 7) is 10.1. The first-order valence-electron chi connectivity index (χ1n) is 13.1. The van der Waals surface area contributed by atoms with E-state index < -0.39 is 5.79 Å². The molecule has 0 amide bonds. The Morgan fingerprint density at radius 3 is 2.57 bits per heavy atom. The summed E-state index contributed by atoms with van der Waals surface area (Å²) in [5.41, 5.74) is 0.963. The normalized spacial score (nSPS) is 60.1. The van der Waals surface area contributed by atoms with Gasteiger partial charge < -0.3 is 9.47 Å². The Balaban J connectivity index is 1.28. The van der Waals surface area contributed by atoms with E-state index in [1.54, 1.807) is 0 Å². The minimum Gasteiger partial charge on any atom is -0.348 e. The molecule has 0 aromatic rings. The SMILES string of the molecule is CC1COC2(CC1=O)OC1CC3C4CCC5CCCCC5(C)C4CCC3(C)C1C2C. The molecule has 0 aromatic heterocycles. The molecule has 0 aromatic carbocycles. The summed E-state index contributed by atoms with van der Waals surface area (Å²) in [7, 11) is 0. The highest BCUT2D eigenvalue weighted by molar-refractivity contribution is 5.82. The Labute approximate surface area is 183 Å². The Morgan fingerprint density at radius 1 is 0.933 bits per heavy atom. The summed E-state index contributed by atoms with van der Waals surface area (Å²) in [6, 6.07) is 0. The van der Waals surface area contributed by atoms with E-state index >= 15 is 0 Å². The molecule has 1 spiro atoms. The average Bonchev–Trinajstić information content (AvgIpc) is 3.15. The zero-order valence-electron chi connectivity index (χ0n) is 19.6. The van der Waals surface area contributed by atoms with Crippen molar-refractivity contribution in [3.05, 3.63) is 0 Å². The number of Topliss-reactive ketones (excluding diaryl/α,β-unsaturated/α-hetero) is 1. The molecule has 6 fully saturated rings. The minimum atomic E-state index is -0.628. The van der Waals surface area contributed by atoms with Gasteiger partial charge in [0.25, 0.3) is 0 Å². The molecule has 6 aliphatic rings. The lowest BCUT2D eigenvalue weighted by Crippen LogP contribution is -2.54. The van der Waals surface area contributed by atoms with Crippen molar-refractivity contribution in [1.82, 2.24) is 0 Å². The van der Waals surface area contributed by atoms with Crippen LogP contribution >= 0.6 is 0 Å². The van der Waals surface area contributed by atoms with Crippen molar-refractivity contribution in [2.75, 3.05) is 6.61 Å². The molecule has 0 bridgehead atoms. The van der Waals surface area contributed by atoms with Crippen molar-refractivity contribution >= 4 is 5.78 Å². The van der Waals surface area contributed by atoms with Gasteiger partial charge in [-0.2, -0.15) is 0 Å². The molecule has 2 aliphatic heterocycles. The number of carbonyl (C=O) groups excluding carboxylic acids is 1. The van der Waals surface area contributed by atoms with Crippen LogP contribution in [0, 0.1) is 52.3 Å². The summed E-state index contributed by atoms with van der Waals surface area (Å²) in [5, 5.41) is 0. The highest BCUT2D eigenvalue weighted by Crippen LogP contribution is 2.71. The van der Waals surface area contributed by atoms with E-state index in [-0.39, 0.29) is 5.92 Å². The zero-order chi connectivity index (χ0) is 20.9. The Kier molecular flexibility index (Phi) is 4.42. The third-order valence-electron chi connectivity index (χ3n) is 11.8. The molecular formula is C27H42O3. The monoisotopic (exact) mass is 414 g/mol. The topological polar surface area (TPSA) is 35.5 Å². The van der Waals surface area contributed by atoms with Crippen LogP contribution in [0.4, 0.5) is 0 Å². The predicted molar refractivity (Wildman–Crippen MR) is 117 cm³/mol. The van der Waals surface area contributed by atoms with E-state index in [0.717, 1.165) is 23.7 Å². The van der Waals surface area contributed by atoms with Crippen molar-refractivity contribution in [3.63, 3.8) is 0 Å². The number of hydrogen-bond acceptors (Lipinski definition) is 3. The molecular weight excluding hydrogens is 372 g/mol. The molecule has 11 atom stereocenters. The number of ether oxygens (including phenoxy) is 2. The Hall–Kier alpha value is -0.410. The summed E-state index contributed by atoms with van der Waals surface area (Å²) < 4.78 is 13.1. The molecule has 4 aliphatic carbocycles. The number of rotatable bonds is 0. The van der Waals surface area contributed by atoms with Crippen LogP contribution in [0.25, 0.3) is 0 Å². The van der Waals surface area contributed by atoms with Crippen LogP contribution < -0.4 is 0 Å². The summed E-state index contributed by atoms with van der Waals surface area (Å²) in [6.07, 6.45) is 13.6. The minimum absolute atomic E-state index is 0.0251. The van der Waals surface area contributed by atoms with Crippen LogP contribution in [0.15, 0.2) is 0 Å². The number of carbonyl (C=O) groups is 1. The molecule has 30 heavy (non-hydrogen) atoms. The number of hydrogen-bond donors (Lipinski definition) is 0. The van der Waals surface area contributed by atoms with Gasteiger partial charge in [-0.15, -0.1) is 0 Å². The van der Waals surface area contributed by atoms with Gasteiger partial charge in [0.1, 0.15) is 5.78 Å². The molecule has 3 heteroatoms. The number of fused-ring (bicyclic) bond motifs is 7. The first-order valence-corrected chi connectivity index (χ1v) is 13.1. The van der Waals surface area contributed by atoms with E-state index in [0.29, 0.717) is 47.6 Å². The first-order chi connectivity index (χ1) is 14.3. The maximum atomic E-state index is 12.6. The second-order valence-corrected chi connectivity index (χ2v) is 12.8. The maximum Gasteiger partial charge on any atom is 0.178 e. The van der Waals surface area contributed by atoms with Crippen molar-refractivity contribution in [2.24, 2.45) is 52.3 Å². The molecule has 11 unspecified atom stereocenters. The van der Waals surface area contributed by atoms with Crippen LogP contribution in [0.1, 0.15) is 91.9 Å². The average molecular weight is 415 g/mol. The summed E-state index contributed by atoms with van der Waals surface area (Å²) in [4.78, 5) is 12.6. The molecule has 2 saturated heterocycles. The molecule has 6 rings (SSSR count). The fraction of sp³-hybridized carbons (Fsp3) is 0.963. The van der Waals surface area contributed by atoms with E-state index in [4.69, 9.17) is 9.47 Å². The van der Waals surface area contributed by atoms with E-state index in [2.05, 4.69) is 20.8 Å².